The number of nitro benzene ring substituents is 1. The van der Waals surface area contributed by atoms with Gasteiger partial charge in [-0.1, -0.05) is 26.0 Å². The molecule has 4 nitrogen and oxygen atoms in total. The van der Waals surface area contributed by atoms with E-state index in [4.69, 9.17) is 0 Å². The molecule has 2 unspecified atom stereocenters. The highest BCUT2D eigenvalue weighted by Gasteiger charge is 2.30. The first-order chi connectivity index (χ1) is 9.47. The molecule has 0 N–H and O–H groups in total. The Morgan fingerprint density at radius 3 is 2.50 bits per heavy atom. The maximum Gasteiger partial charge on any atom is 0.269 e. The molecule has 1 aromatic carbocycles. The molecule has 1 saturated carbocycles. The van der Waals surface area contributed by atoms with Crippen molar-refractivity contribution >= 4 is 11.5 Å². The number of rotatable bonds is 4. The maximum atomic E-state index is 12.0. The van der Waals surface area contributed by atoms with E-state index in [0.717, 1.165) is 18.4 Å². The summed E-state index contributed by atoms with van der Waals surface area (Å²) in [6.07, 6.45) is 3.35. The predicted octanol–water partition coefficient (Wildman–Crippen LogP) is 3.78. The average Bonchev–Trinajstić information content (AvgIpc) is 2.41. The van der Waals surface area contributed by atoms with Crippen molar-refractivity contribution in [3.8, 4) is 0 Å². The van der Waals surface area contributed by atoms with Crippen molar-refractivity contribution in [1.29, 1.82) is 0 Å². The Kier molecular flexibility index (Phi) is 4.53. The second-order valence-electron chi connectivity index (χ2n) is 6.07. The van der Waals surface area contributed by atoms with Gasteiger partial charge in [0.15, 0.2) is 0 Å². The second-order valence-corrected chi connectivity index (χ2v) is 6.07. The van der Waals surface area contributed by atoms with Crippen molar-refractivity contribution in [1.82, 2.24) is 0 Å². The Morgan fingerprint density at radius 2 is 1.95 bits per heavy atom. The lowest BCUT2D eigenvalue weighted by atomic mass is 9.73. The first-order valence-electron chi connectivity index (χ1n) is 7.23. The van der Waals surface area contributed by atoms with Crippen molar-refractivity contribution in [2.45, 2.75) is 39.5 Å². The van der Waals surface area contributed by atoms with E-state index < -0.39 is 4.92 Å². The zero-order chi connectivity index (χ0) is 14.7. The standard InChI is InChI=1S/C16H21NO3/c1-11(2)13-5-8-16(18)14(10-13)9-12-3-6-15(7-4-12)17(19)20/h3-4,6-7,11,13-14H,5,8-10H2,1-2H3. The van der Waals surface area contributed by atoms with E-state index in [9.17, 15) is 14.9 Å². The molecule has 2 atom stereocenters. The lowest BCUT2D eigenvalue weighted by molar-refractivity contribution is -0.384. The molecule has 1 fully saturated rings. The van der Waals surface area contributed by atoms with Crippen molar-refractivity contribution in [3.05, 3.63) is 39.9 Å². The minimum absolute atomic E-state index is 0.0811. The molecular formula is C16H21NO3. The summed E-state index contributed by atoms with van der Waals surface area (Å²) in [7, 11) is 0. The Bertz CT molecular complexity index is 493. The third-order valence-corrected chi connectivity index (χ3v) is 4.38. The monoisotopic (exact) mass is 275 g/mol. The predicted molar refractivity (Wildman–Crippen MR) is 77.5 cm³/mol. The summed E-state index contributed by atoms with van der Waals surface area (Å²) >= 11 is 0. The normalized spacial score (nSPS) is 23.1. The number of nitro groups is 1. The highest BCUT2D eigenvalue weighted by molar-refractivity contribution is 5.82. The van der Waals surface area contributed by atoms with Crippen LogP contribution in [0.15, 0.2) is 24.3 Å². The fourth-order valence-electron chi connectivity index (χ4n) is 2.99. The molecule has 0 heterocycles. The van der Waals surface area contributed by atoms with Crippen LogP contribution in [0.25, 0.3) is 0 Å². The summed E-state index contributed by atoms with van der Waals surface area (Å²) in [4.78, 5) is 22.3. The van der Waals surface area contributed by atoms with Crippen molar-refractivity contribution in [3.63, 3.8) is 0 Å². The largest absolute Gasteiger partial charge is 0.299 e. The number of nitrogens with zero attached hydrogens (tertiary/aromatic N) is 1. The van der Waals surface area contributed by atoms with Crippen LogP contribution in [0, 0.1) is 27.9 Å². The molecule has 0 saturated heterocycles. The van der Waals surface area contributed by atoms with Gasteiger partial charge in [0.25, 0.3) is 5.69 Å². The van der Waals surface area contributed by atoms with Crippen LogP contribution in [0.5, 0.6) is 0 Å². The quantitative estimate of drug-likeness (QED) is 0.620. The molecule has 1 aromatic rings. The van der Waals surface area contributed by atoms with Crippen LogP contribution in [0.1, 0.15) is 38.7 Å². The Labute approximate surface area is 119 Å². The molecular weight excluding hydrogens is 254 g/mol. The van der Waals surface area contributed by atoms with Gasteiger partial charge in [-0.05, 0) is 36.7 Å². The molecule has 0 bridgehead atoms. The van der Waals surface area contributed by atoms with E-state index in [-0.39, 0.29) is 11.6 Å². The summed E-state index contributed by atoms with van der Waals surface area (Å²) < 4.78 is 0. The third kappa shape index (κ3) is 3.44. The molecule has 0 amide bonds. The molecule has 1 aliphatic rings. The van der Waals surface area contributed by atoms with Gasteiger partial charge in [-0.25, -0.2) is 0 Å². The zero-order valence-electron chi connectivity index (χ0n) is 12.0. The van der Waals surface area contributed by atoms with Crippen LogP contribution in [0.4, 0.5) is 5.69 Å². The maximum absolute atomic E-state index is 12.0. The van der Waals surface area contributed by atoms with Gasteiger partial charge in [0, 0.05) is 24.5 Å². The summed E-state index contributed by atoms with van der Waals surface area (Å²) in [5.41, 5.74) is 1.11. The van der Waals surface area contributed by atoms with Gasteiger partial charge < -0.3 is 0 Å². The number of hydrogen-bond acceptors (Lipinski definition) is 3. The zero-order valence-corrected chi connectivity index (χ0v) is 12.0. The molecule has 1 aliphatic carbocycles. The molecule has 2 rings (SSSR count). The molecule has 4 heteroatoms. The Hall–Kier alpha value is -1.71. The smallest absolute Gasteiger partial charge is 0.269 e. The number of carbonyl (C=O) groups is 1. The SMILES string of the molecule is CC(C)C1CCC(=O)C(Cc2ccc([N+](=O)[O-])cc2)C1. The summed E-state index contributed by atoms with van der Waals surface area (Å²) in [5.74, 6) is 1.66. The van der Waals surface area contributed by atoms with Crippen LogP contribution in [-0.2, 0) is 11.2 Å². The molecule has 108 valence electrons. The van der Waals surface area contributed by atoms with Crippen LogP contribution in [0.2, 0.25) is 0 Å². The van der Waals surface area contributed by atoms with Crippen LogP contribution >= 0.6 is 0 Å². The Balaban J connectivity index is 2.04. The lowest BCUT2D eigenvalue weighted by Gasteiger charge is -2.30. The van der Waals surface area contributed by atoms with Gasteiger partial charge in [-0.3, -0.25) is 14.9 Å². The van der Waals surface area contributed by atoms with E-state index in [1.165, 1.54) is 12.1 Å². The van der Waals surface area contributed by atoms with E-state index in [0.29, 0.717) is 30.5 Å². The summed E-state index contributed by atoms with van der Waals surface area (Å²) in [6.45, 7) is 4.42. The van der Waals surface area contributed by atoms with Crippen LogP contribution in [0.3, 0.4) is 0 Å². The fourth-order valence-corrected chi connectivity index (χ4v) is 2.99. The highest BCUT2D eigenvalue weighted by atomic mass is 16.6. The number of hydrogen-bond donors (Lipinski definition) is 0. The lowest BCUT2D eigenvalue weighted by Crippen LogP contribution is -2.28. The number of non-ortho nitro benzene ring substituents is 1. The van der Waals surface area contributed by atoms with E-state index in [1.54, 1.807) is 12.1 Å². The fraction of sp³-hybridized carbons (Fsp3) is 0.562. The third-order valence-electron chi connectivity index (χ3n) is 4.38. The number of Topliss-reactive ketones (excluding diaryl/α,β-unsaturated/α-hetero) is 1. The van der Waals surface area contributed by atoms with Gasteiger partial charge in [0.05, 0.1) is 4.92 Å². The number of ketones is 1. The number of benzene rings is 1. The van der Waals surface area contributed by atoms with E-state index >= 15 is 0 Å². The second kappa shape index (κ2) is 6.16. The first kappa shape index (κ1) is 14.7. The Morgan fingerprint density at radius 1 is 1.30 bits per heavy atom. The topological polar surface area (TPSA) is 60.2 Å². The molecule has 0 radical (unpaired) electrons. The van der Waals surface area contributed by atoms with E-state index in [1.807, 2.05) is 0 Å². The molecule has 0 aromatic heterocycles. The van der Waals surface area contributed by atoms with Crippen LogP contribution in [-0.4, -0.2) is 10.7 Å². The molecule has 0 spiro atoms. The molecule has 20 heavy (non-hydrogen) atoms. The van der Waals surface area contributed by atoms with Crippen molar-refractivity contribution < 1.29 is 9.72 Å². The van der Waals surface area contributed by atoms with E-state index in [2.05, 4.69) is 13.8 Å². The van der Waals surface area contributed by atoms with Gasteiger partial charge >= 0.3 is 0 Å². The van der Waals surface area contributed by atoms with Crippen molar-refractivity contribution in [2.75, 3.05) is 0 Å². The average molecular weight is 275 g/mol. The van der Waals surface area contributed by atoms with Gasteiger partial charge in [-0.2, -0.15) is 0 Å². The molecule has 0 aliphatic heterocycles. The first-order valence-corrected chi connectivity index (χ1v) is 7.23. The van der Waals surface area contributed by atoms with Crippen LogP contribution < -0.4 is 0 Å². The summed E-state index contributed by atoms with van der Waals surface area (Å²) in [6, 6.07) is 6.57. The number of carbonyl (C=O) groups excluding carboxylic acids is 1. The van der Waals surface area contributed by atoms with Gasteiger partial charge in [-0.15, -0.1) is 0 Å². The summed E-state index contributed by atoms with van der Waals surface area (Å²) in [5, 5.41) is 10.6. The van der Waals surface area contributed by atoms with Gasteiger partial charge in [0.1, 0.15) is 5.78 Å². The van der Waals surface area contributed by atoms with Gasteiger partial charge in [0.2, 0.25) is 0 Å². The minimum atomic E-state index is -0.398. The van der Waals surface area contributed by atoms with Crippen molar-refractivity contribution in [2.24, 2.45) is 17.8 Å². The minimum Gasteiger partial charge on any atom is -0.299 e. The highest BCUT2D eigenvalue weighted by Crippen LogP contribution is 2.33.